The Morgan fingerprint density at radius 1 is 1.31 bits per heavy atom. The van der Waals surface area contributed by atoms with Gasteiger partial charge >= 0.3 is 0 Å². The average Bonchev–Trinajstić information content (AvgIpc) is 2.98. The number of benzene rings is 2. The summed E-state index contributed by atoms with van der Waals surface area (Å²) in [4.78, 5) is 7.64. The zero-order valence-corrected chi connectivity index (χ0v) is 15.8. The van der Waals surface area contributed by atoms with E-state index >= 15 is 0 Å². The first kappa shape index (κ1) is 16.7. The van der Waals surface area contributed by atoms with E-state index in [0.717, 1.165) is 16.5 Å². The average molecular weight is 432 g/mol. The van der Waals surface area contributed by atoms with Crippen molar-refractivity contribution in [2.45, 2.75) is 6.92 Å². The molecule has 2 aromatic carbocycles. The van der Waals surface area contributed by atoms with Gasteiger partial charge in [-0.05, 0) is 40.5 Å². The summed E-state index contributed by atoms with van der Waals surface area (Å²) in [5.74, 6) is 0.277. The predicted octanol–water partition coefficient (Wildman–Crippen LogP) is 4.38. The molecule has 0 amide bonds. The number of rotatable bonds is 3. The molecule has 130 valence electrons. The molecule has 2 aromatic heterocycles. The van der Waals surface area contributed by atoms with Crippen LogP contribution >= 0.6 is 27.5 Å². The molecular weight excluding hydrogens is 420 g/mol. The summed E-state index contributed by atoms with van der Waals surface area (Å²) in [7, 11) is 0. The van der Waals surface area contributed by atoms with E-state index in [2.05, 4.69) is 46.6 Å². The topological polar surface area (TPSA) is 99.1 Å². The molecule has 3 N–H and O–H groups in total. The van der Waals surface area contributed by atoms with Gasteiger partial charge in [0.05, 0.1) is 16.2 Å². The molecule has 0 atom stereocenters. The van der Waals surface area contributed by atoms with Gasteiger partial charge in [-0.25, -0.2) is 5.43 Å². The number of nitrogens with zero attached hydrogens (tertiary/aromatic N) is 4. The molecule has 7 nitrogen and oxygen atoms in total. The molecule has 4 rings (SSSR count). The standard InChI is InChI=1S/C17H12BrClN6O/c1-8-3-2-4-11-13(8)21-16-14(11)23-25-17(22-16)24-20-7-9-5-10(19)6-12(18)15(9)26/h2-7,26H,1H3,(H2,21,22,24,25)/b20-7-. The SMILES string of the molecule is Cc1cccc2c1[nH]c1nc(N/N=C\c3cc(Cl)cc(Br)c3O)nnc12. The van der Waals surface area contributed by atoms with Crippen molar-refractivity contribution < 1.29 is 5.11 Å². The summed E-state index contributed by atoms with van der Waals surface area (Å²) in [6, 6.07) is 9.15. The summed E-state index contributed by atoms with van der Waals surface area (Å²) < 4.78 is 0.485. The van der Waals surface area contributed by atoms with E-state index in [1.165, 1.54) is 6.21 Å². The summed E-state index contributed by atoms with van der Waals surface area (Å²) in [6.07, 6.45) is 1.43. The number of aromatic hydroxyl groups is 1. The molecule has 0 aliphatic rings. The van der Waals surface area contributed by atoms with Gasteiger partial charge in [0.1, 0.15) is 11.3 Å². The van der Waals surface area contributed by atoms with Crippen molar-refractivity contribution in [1.82, 2.24) is 20.2 Å². The number of anilines is 1. The minimum Gasteiger partial charge on any atom is -0.506 e. The maximum atomic E-state index is 9.99. The zero-order valence-electron chi connectivity index (χ0n) is 13.5. The fourth-order valence-electron chi connectivity index (χ4n) is 2.64. The van der Waals surface area contributed by atoms with Gasteiger partial charge in [-0.2, -0.15) is 10.1 Å². The predicted molar refractivity (Wildman–Crippen MR) is 106 cm³/mol. The molecule has 2 heterocycles. The Labute approximate surface area is 161 Å². The van der Waals surface area contributed by atoms with Gasteiger partial charge in [0.15, 0.2) is 5.65 Å². The molecule has 0 aliphatic heterocycles. The number of fused-ring (bicyclic) bond motifs is 3. The van der Waals surface area contributed by atoms with Crippen LogP contribution in [0.2, 0.25) is 5.02 Å². The molecule has 0 aliphatic carbocycles. The molecule has 0 spiro atoms. The van der Waals surface area contributed by atoms with Crippen LogP contribution in [0.5, 0.6) is 5.75 Å². The highest BCUT2D eigenvalue weighted by Gasteiger charge is 2.10. The van der Waals surface area contributed by atoms with Crippen molar-refractivity contribution in [1.29, 1.82) is 0 Å². The van der Waals surface area contributed by atoms with Gasteiger partial charge in [-0.1, -0.05) is 29.8 Å². The third-order valence-corrected chi connectivity index (χ3v) is 4.71. The quantitative estimate of drug-likeness (QED) is 0.330. The molecule has 0 fully saturated rings. The number of phenolic OH excluding ortho intramolecular Hbond substituents is 1. The third-order valence-electron chi connectivity index (χ3n) is 3.88. The number of aromatic amines is 1. The van der Waals surface area contributed by atoms with E-state index < -0.39 is 0 Å². The first-order valence-electron chi connectivity index (χ1n) is 7.62. The highest BCUT2D eigenvalue weighted by atomic mass is 79.9. The summed E-state index contributed by atoms with van der Waals surface area (Å²) in [5.41, 5.74) is 6.57. The third kappa shape index (κ3) is 2.97. The fraction of sp³-hybridized carbons (Fsp3) is 0.0588. The number of hydrogen-bond acceptors (Lipinski definition) is 6. The molecule has 0 radical (unpaired) electrons. The Kier molecular flexibility index (Phi) is 4.21. The monoisotopic (exact) mass is 430 g/mol. The maximum Gasteiger partial charge on any atom is 0.265 e. The smallest absolute Gasteiger partial charge is 0.265 e. The number of H-pyrrole nitrogens is 1. The molecule has 9 heteroatoms. The molecule has 0 unspecified atom stereocenters. The molecule has 0 saturated heterocycles. The lowest BCUT2D eigenvalue weighted by molar-refractivity contribution is 0.471. The van der Waals surface area contributed by atoms with Crippen LogP contribution in [-0.4, -0.2) is 31.5 Å². The van der Waals surface area contributed by atoms with Gasteiger partial charge in [-0.15, -0.1) is 10.2 Å². The lowest BCUT2D eigenvalue weighted by Crippen LogP contribution is -1.99. The van der Waals surface area contributed by atoms with Crippen LogP contribution < -0.4 is 5.43 Å². The Morgan fingerprint density at radius 2 is 2.15 bits per heavy atom. The lowest BCUT2D eigenvalue weighted by atomic mass is 10.1. The van der Waals surface area contributed by atoms with Crippen molar-refractivity contribution in [3.05, 3.63) is 51.0 Å². The molecular formula is C17H12BrClN6O. The highest BCUT2D eigenvalue weighted by Crippen LogP contribution is 2.30. The number of para-hydroxylation sites is 1. The summed E-state index contributed by atoms with van der Waals surface area (Å²) in [5, 5.41) is 23.8. The van der Waals surface area contributed by atoms with Crippen LogP contribution in [0.1, 0.15) is 11.1 Å². The minimum absolute atomic E-state index is 0.0422. The van der Waals surface area contributed by atoms with Gasteiger partial charge in [-0.3, -0.25) is 0 Å². The molecule has 26 heavy (non-hydrogen) atoms. The van der Waals surface area contributed by atoms with E-state index in [4.69, 9.17) is 11.6 Å². The second-order valence-corrected chi connectivity index (χ2v) is 6.94. The van der Waals surface area contributed by atoms with Crippen molar-refractivity contribution in [3.8, 4) is 5.75 Å². The number of aromatic nitrogens is 4. The Balaban J connectivity index is 1.64. The molecule has 0 saturated carbocycles. The van der Waals surface area contributed by atoms with Crippen molar-refractivity contribution in [2.24, 2.45) is 5.10 Å². The number of phenols is 1. The van der Waals surface area contributed by atoms with Crippen molar-refractivity contribution >= 4 is 61.8 Å². The normalized spacial score (nSPS) is 11.7. The maximum absolute atomic E-state index is 9.99. The van der Waals surface area contributed by atoms with Crippen molar-refractivity contribution in [2.75, 3.05) is 5.43 Å². The van der Waals surface area contributed by atoms with Crippen molar-refractivity contribution in [3.63, 3.8) is 0 Å². The van der Waals surface area contributed by atoms with E-state index in [-0.39, 0.29) is 11.7 Å². The summed E-state index contributed by atoms with van der Waals surface area (Å²) in [6.45, 7) is 2.02. The van der Waals surface area contributed by atoms with Crippen LogP contribution in [0, 0.1) is 6.92 Å². The fourth-order valence-corrected chi connectivity index (χ4v) is 3.47. The Morgan fingerprint density at radius 3 is 3.00 bits per heavy atom. The number of hydrazone groups is 1. The van der Waals surface area contributed by atoms with E-state index in [9.17, 15) is 5.11 Å². The number of halogens is 2. The molecule has 4 aromatic rings. The van der Waals surface area contributed by atoms with Gasteiger partial charge in [0.2, 0.25) is 0 Å². The minimum atomic E-state index is 0.0422. The van der Waals surface area contributed by atoms with E-state index in [1.54, 1.807) is 12.1 Å². The van der Waals surface area contributed by atoms with Gasteiger partial charge in [0, 0.05) is 16.0 Å². The second kappa shape index (κ2) is 6.54. The van der Waals surface area contributed by atoms with Crippen LogP contribution in [0.3, 0.4) is 0 Å². The van der Waals surface area contributed by atoms with Crippen LogP contribution in [0.25, 0.3) is 22.1 Å². The largest absolute Gasteiger partial charge is 0.506 e. The summed E-state index contributed by atoms with van der Waals surface area (Å²) >= 11 is 9.20. The molecule has 0 bridgehead atoms. The zero-order chi connectivity index (χ0) is 18.3. The number of aryl methyl sites for hydroxylation is 1. The number of nitrogens with one attached hydrogen (secondary N) is 2. The van der Waals surface area contributed by atoms with Crippen LogP contribution in [0.15, 0.2) is 39.9 Å². The second-order valence-electron chi connectivity index (χ2n) is 5.65. The first-order chi connectivity index (χ1) is 12.5. The Hall–Kier alpha value is -2.71. The lowest BCUT2D eigenvalue weighted by Gasteiger charge is -2.02. The number of hydrogen-bond donors (Lipinski definition) is 3. The van der Waals surface area contributed by atoms with Crippen LogP contribution in [-0.2, 0) is 0 Å². The van der Waals surface area contributed by atoms with Gasteiger partial charge in [0.25, 0.3) is 5.95 Å². The Bertz CT molecular complexity index is 1170. The van der Waals surface area contributed by atoms with Gasteiger partial charge < -0.3 is 10.1 Å². The van der Waals surface area contributed by atoms with E-state index in [0.29, 0.717) is 26.2 Å². The van der Waals surface area contributed by atoms with E-state index in [1.807, 2.05) is 25.1 Å². The highest BCUT2D eigenvalue weighted by molar-refractivity contribution is 9.10. The first-order valence-corrected chi connectivity index (χ1v) is 8.79. The van der Waals surface area contributed by atoms with Crippen LogP contribution in [0.4, 0.5) is 5.95 Å².